The van der Waals surface area contributed by atoms with Gasteiger partial charge in [-0.3, -0.25) is 10.1 Å². The Bertz CT molecular complexity index is 380. The zero-order chi connectivity index (χ0) is 12.1. The third kappa shape index (κ3) is 3.90. The van der Waals surface area contributed by atoms with Crippen LogP contribution in [0.4, 0.5) is 5.69 Å². The van der Waals surface area contributed by atoms with Crippen molar-refractivity contribution in [3.05, 3.63) is 38.3 Å². The summed E-state index contributed by atoms with van der Waals surface area (Å²) in [5.41, 5.74) is 0.875. The molecule has 0 atom stereocenters. The first kappa shape index (κ1) is 13.1. The van der Waals surface area contributed by atoms with Crippen LogP contribution >= 0.6 is 15.9 Å². The van der Waals surface area contributed by atoms with Crippen molar-refractivity contribution in [3.63, 3.8) is 0 Å². The van der Waals surface area contributed by atoms with E-state index in [1.807, 2.05) is 6.07 Å². The Morgan fingerprint density at radius 3 is 2.75 bits per heavy atom. The van der Waals surface area contributed by atoms with Gasteiger partial charge in [-0.2, -0.15) is 0 Å². The van der Waals surface area contributed by atoms with Crippen LogP contribution in [0.1, 0.15) is 19.4 Å². The normalized spacial score (nSPS) is 10.8. The standard InChI is InChI=1S/C11H15BrN2O2/c1-8(2)6-13-7-9-3-4-10(12)5-11(9)14(15)16/h3-5,8,13H,6-7H2,1-2H3. The highest BCUT2D eigenvalue weighted by molar-refractivity contribution is 9.10. The predicted octanol–water partition coefficient (Wildman–Crippen LogP) is 3.10. The molecule has 0 aliphatic carbocycles. The van der Waals surface area contributed by atoms with Gasteiger partial charge < -0.3 is 5.32 Å². The largest absolute Gasteiger partial charge is 0.312 e. The van der Waals surface area contributed by atoms with Gasteiger partial charge in [0.25, 0.3) is 5.69 Å². The Morgan fingerprint density at radius 1 is 1.50 bits per heavy atom. The van der Waals surface area contributed by atoms with E-state index in [1.165, 1.54) is 6.07 Å². The molecule has 0 aliphatic rings. The summed E-state index contributed by atoms with van der Waals surface area (Å²) in [6, 6.07) is 5.13. The van der Waals surface area contributed by atoms with Crippen LogP contribution in [0.2, 0.25) is 0 Å². The van der Waals surface area contributed by atoms with Crippen LogP contribution in [-0.4, -0.2) is 11.5 Å². The van der Waals surface area contributed by atoms with Crippen LogP contribution in [0.15, 0.2) is 22.7 Å². The average molecular weight is 287 g/mol. The van der Waals surface area contributed by atoms with Gasteiger partial charge in [0.05, 0.1) is 4.92 Å². The predicted molar refractivity (Wildman–Crippen MR) is 67.3 cm³/mol. The molecule has 1 rings (SSSR count). The molecule has 0 aromatic heterocycles. The van der Waals surface area contributed by atoms with E-state index in [0.29, 0.717) is 18.0 Å². The van der Waals surface area contributed by atoms with Crippen molar-refractivity contribution < 1.29 is 4.92 Å². The minimum absolute atomic E-state index is 0.158. The molecule has 4 nitrogen and oxygen atoms in total. The van der Waals surface area contributed by atoms with Gasteiger partial charge >= 0.3 is 0 Å². The lowest BCUT2D eigenvalue weighted by molar-refractivity contribution is -0.385. The first-order valence-electron chi connectivity index (χ1n) is 5.14. The number of nitrogens with one attached hydrogen (secondary N) is 1. The summed E-state index contributed by atoms with van der Waals surface area (Å²) in [5, 5.41) is 14.0. The molecule has 1 aromatic carbocycles. The van der Waals surface area contributed by atoms with Gasteiger partial charge in [-0.25, -0.2) is 0 Å². The van der Waals surface area contributed by atoms with Crippen molar-refractivity contribution in [2.45, 2.75) is 20.4 Å². The number of rotatable bonds is 5. The van der Waals surface area contributed by atoms with Gasteiger partial charge in [0.15, 0.2) is 0 Å². The van der Waals surface area contributed by atoms with E-state index in [1.54, 1.807) is 6.07 Å². The quantitative estimate of drug-likeness (QED) is 0.668. The van der Waals surface area contributed by atoms with Crippen molar-refractivity contribution in [3.8, 4) is 0 Å². The summed E-state index contributed by atoms with van der Waals surface area (Å²) >= 11 is 3.23. The lowest BCUT2D eigenvalue weighted by atomic mass is 10.1. The summed E-state index contributed by atoms with van der Waals surface area (Å²) in [5.74, 6) is 0.537. The maximum Gasteiger partial charge on any atom is 0.275 e. The lowest BCUT2D eigenvalue weighted by Crippen LogP contribution is -2.19. The molecule has 16 heavy (non-hydrogen) atoms. The molecule has 0 saturated heterocycles. The fourth-order valence-corrected chi connectivity index (χ4v) is 1.70. The van der Waals surface area contributed by atoms with Crippen LogP contribution in [0.25, 0.3) is 0 Å². The molecule has 0 heterocycles. The Morgan fingerprint density at radius 2 is 2.19 bits per heavy atom. The van der Waals surface area contributed by atoms with Crippen molar-refractivity contribution in [2.75, 3.05) is 6.54 Å². The van der Waals surface area contributed by atoms with Gasteiger partial charge in [-0.15, -0.1) is 0 Å². The third-order valence-electron chi connectivity index (χ3n) is 2.11. The lowest BCUT2D eigenvalue weighted by Gasteiger charge is -2.08. The number of nitrogens with zero attached hydrogens (tertiary/aromatic N) is 1. The van der Waals surface area contributed by atoms with E-state index in [-0.39, 0.29) is 10.6 Å². The minimum Gasteiger partial charge on any atom is -0.312 e. The van der Waals surface area contributed by atoms with E-state index in [0.717, 1.165) is 11.0 Å². The zero-order valence-electron chi connectivity index (χ0n) is 9.37. The second-order valence-corrected chi connectivity index (χ2v) is 4.97. The van der Waals surface area contributed by atoms with Gasteiger partial charge in [0, 0.05) is 22.6 Å². The highest BCUT2D eigenvalue weighted by Crippen LogP contribution is 2.23. The first-order valence-corrected chi connectivity index (χ1v) is 5.93. The van der Waals surface area contributed by atoms with E-state index < -0.39 is 0 Å². The molecule has 5 heteroatoms. The molecular weight excluding hydrogens is 272 g/mol. The molecule has 0 spiro atoms. The molecule has 0 saturated carbocycles. The smallest absolute Gasteiger partial charge is 0.275 e. The van der Waals surface area contributed by atoms with Crippen LogP contribution in [0.3, 0.4) is 0 Å². The highest BCUT2D eigenvalue weighted by atomic mass is 79.9. The maximum absolute atomic E-state index is 10.8. The number of hydrogen-bond acceptors (Lipinski definition) is 3. The van der Waals surface area contributed by atoms with Gasteiger partial charge in [0.1, 0.15) is 0 Å². The average Bonchev–Trinajstić information content (AvgIpc) is 2.19. The van der Waals surface area contributed by atoms with E-state index in [2.05, 4.69) is 35.1 Å². The highest BCUT2D eigenvalue weighted by Gasteiger charge is 2.13. The maximum atomic E-state index is 10.8. The van der Waals surface area contributed by atoms with Crippen LogP contribution in [-0.2, 0) is 6.54 Å². The number of hydrogen-bond donors (Lipinski definition) is 1. The molecule has 0 fully saturated rings. The summed E-state index contributed by atoms with van der Waals surface area (Å²) in [7, 11) is 0. The number of nitro groups is 1. The van der Waals surface area contributed by atoms with Crippen molar-refractivity contribution in [2.24, 2.45) is 5.92 Å². The molecule has 1 aromatic rings. The summed E-state index contributed by atoms with van der Waals surface area (Å²) < 4.78 is 0.729. The Hall–Kier alpha value is -0.940. The first-order chi connectivity index (χ1) is 7.50. The van der Waals surface area contributed by atoms with E-state index >= 15 is 0 Å². The Balaban J connectivity index is 2.75. The monoisotopic (exact) mass is 286 g/mol. The van der Waals surface area contributed by atoms with Crippen LogP contribution < -0.4 is 5.32 Å². The van der Waals surface area contributed by atoms with Gasteiger partial charge in [0.2, 0.25) is 0 Å². The number of benzene rings is 1. The SMILES string of the molecule is CC(C)CNCc1ccc(Br)cc1[N+](=O)[O-]. The van der Waals surface area contributed by atoms with E-state index in [4.69, 9.17) is 0 Å². The third-order valence-corrected chi connectivity index (χ3v) is 2.61. The minimum atomic E-state index is -0.350. The van der Waals surface area contributed by atoms with Gasteiger partial charge in [-0.05, 0) is 24.6 Å². The van der Waals surface area contributed by atoms with Crippen molar-refractivity contribution in [1.29, 1.82) is 0 Å². The Labute approximate surface area is 103 Å². The summed E-state index contributed by atoms with van der Waals surface area (Å²) in [6.07, 6.45) is 0. The number of halogens is 1. The van der Waals surface area contributed by atoms with Gasteiger partial charge in [-0.1, -0.05) is 29.8 Å². The van der Waals surface area contributed by atoms with Crippen LogP contribution in [0.5, 0.6) is 0 Å². The fourth-order valence-electron chi connectivity index (χ4n) is 1.35. The molecule has 0 bridgehead atoms. The molecule has 0 unspecified atom stereocenters. The Kier molecular flexibility index (Phi) is 4.89. The second kappa shape index (κ2) is 5.96. The molecule has 0 aliphatic heterocycles. The molecule has 1 N–H and O–H groups in total. The summed E-state index contributed by atoms with van der Waals surface area (Å²) in [6.45, 7) is 5.58. The molecule has 88 valence electrons. The fraction of sp³-hybridized carbons (Fsp3) is 0.455. The van der Waals surface area contributed by atoms with Crippen molar-refractivity contribution >= 4 is 21.6 Å². The van der Waals surface area contributed by atoms with Crippen LogP contribution in [0, 0.1) is 16.0 Å². The van der Waals surface area contributed by atoms with E-state index in [9.17, 15) is 10.1 Å². The molecule has 0 radical (unpaired) electrons. The number of nitro benzene ring substituents is 1. The molecule has 0 amide bonds. The topological polar surface area (TPSA) is 55.2 Å². The van der Waals surface area contributed by atoms with Crippen molar-refractivity contribution in [1.82, 2.24) is 5.32 Å². The molecular formula is C11H15BrN2O2. The zero-order valence-corrected chi connectivity index (χ0v) is 11.0. The second-order valence-electron chi connectivity index (χ2n) is 4.05. The summed E-state index contributed by atoms with van der Waals surface area (Å²) in [4.78, 5) is 10.5.